The van der Waals surface area contributed by atoms with Gasteiger partial charge >= 0.3 is 0 Å². The van der Waals surface area contributed by atoms with Crippen molar-refractivity contribution in [1.29, 1.82) is 0 Å². The number of hydrogen-bond acceptors (Lipinski definition) is 4. The average molecular weight is 591 g/mol. The molecule has 0 spiro atoms. The van der Waals surface area contributed by atoms with Crippen molar-refractivity contribution in [2.24, 2.45) is 0 Å². The summed E-state index contributed by atoms with van der Waals surface area (Å²) >= 11 is 13.4. The van der Waals surface area contributed by atoms with Crippen molar-refractivity contribution < 1.29 is 14.4 Å². The third kappa shape index (κ3) is 8.23. The summed E-state index contributed by atoms with van der Waals surface area (Å²) in [6.07, 6.45) is 1.65. The molecule has 0 aliphatic rings. The van der Waals surface area contributed by atoms with Crippen LogP contribution in [0.15, 0.2) is 108 Å². The van der Waals surface area contributed by atoms with E-state index in [4.69, 9.17) is 23.2 Å². The highest BCUT2D eigenvalue weighted by Crippen LogP contribution is 2.26. The molecule has 0 radical (unpaired) electrons. The van der Waals surface area contributed by atoms with Gasteiger partial charge in [-0.3, -0.25) is 14.4 Å². The number of hydrogen-bond donors (Lipinski definition) is 3. The van der Waals surface area contributed by atoms with E-state index in [0.29, 0.717) is 27.0 Å². The Kier molecular flexibility index (Phi) is 10.0. The summed E-state index contributed by atoms with van der Waals surface area (Å²) in [6.45, 7) is 1.93. The lowest BCUT2D eigenvalue weighted by Gasteiger charge is -2.12. The Labute approximate surface area is 246 Å². The number of thioether (sulfide) groups is 1. The quantitative estimate of drug-likeness (QED) is 0.140. The van der Waals surface area contributed by atoms with Crippen LogP contribution in [0.3, 0.4) is 0 Å². The summed E-state index contributed by atoms with van der Waals surface area (Å²) in [5.74, 6) is -0.904. The number of rotatable bonds is 9. The first-order valence-corrected chi connectivity index (χ1v) is 14.0. The topological polar surface area (TPSA) is 87.3 Å². The maximum Gasteiger partial charge on any atom is 0.272 e. The molecule has 4 aromatic carbocycles. The Morgan fingerprint density at radius 1 is 0.825 bits per heavy atom. The summed E-state index contributed by atoms with van der Waals surface area (Å²) in [5.41, 5.74) is 3.35. The van der Waals surface area contributed by atoms with Crippen molar-refractivity contribution in [1.82, 2.24) is 5.32 Å². The Hall–Kier alpha value is -4.04. The molecule has 0 aromatic heterocycles. The van der Waals surface area contributed by atoms with Crippen LogP contribution in [0.4, 0.5) is 11.4 Å². The summed E-state index contributed by atoms with van der Waals surface area (Å²) < 4.78 is 0. The normalized spacial score (nSPS) is 11.0. The van der Waals surface area contributed by atoms with Crippen molar-refractivity contribution in [3.63, 3.8) is 0 Å². The fraction of sp³-hybridized carbons (Fsp3) is 0.0645. The molecule has 0 bridgehead atoms. The molecule has 0 aliphatic carbocycles. The second kappa shape index (κ2) is 13.8. The maximum absolute atomic E-state index is 13.2. The van der Waals surface area contributed by atoms with Crippen molar-refractivity contribution in [2.45, 2.75) is 11.8 Å². The minimum absolute atomic E-state index is 0.110. The molecule has 6 nitrogen and oxygen atoms in total. The molecule has 202 valence electrons. The minimum Gasteiger partial charge on any atom is -0.324 e. The van der Waals surface area contributed by atoms with Gasteiger partial charge in [-0.15, -0.1) is 11.8 Å². The van der Waals surface area contributed by atoms with Crippen LogP contribution in [0.25, 0.3) is 6.08 Å². The Morgan fingerprint density at radius 3 is 2.23 bits per heavy atom. The first-order chi connectivity index (χ1) is 19.3. The van der Waals surface area contributed by atoms with Crippen LogP contribution in [0.2, 0.25) is 10.0 Å². The van der Waals surface area contributed by atoms with E-state index in [2.05, 4.69) is 16.0 Å². The van der Waals surface area contributed by atoms with E-state index in [0.717, 1.165) is 16.0 Å². The van der Waals surface area contributed by atoms with E-state index >= 15 is 0 Å². The van der Waals surface area contributed by atoms with Crippen LogP contribution in [0.5, 0.6) is 0 Å². The number of benzene rings is 4. The molecular formula is C31H25Cl2N3O3S. The zero-order chi connectivity index (χ0) is 28.5. The van der Waals surface area contributed by atoms with Crippen LogP contribution >= 0.6 is 35.0 Å². The lowest BCUT2D eigenvalue weighted by Crippen LogP contribution is -2.30. The van der Waals surface area contributed by atoms with Gasteiger partial charge in [0, 0.05) is 21.2 Å². The van der Waals surface area contributed by atoms with Crippen LogP contribution < -0.4 is 16.0 Å². The summed E-state index contributed by atoms with van der Waals surface area (Å²) in [5, 5.41) is 9.19. The van der Waals surface area contributed by atoms with E-state index in [9.17, 15) is 14.4 Å². The molecule has 0 fully saturated rings. The van der Waals surface area contributed by atoms with E-state index in [-0.39, 0.29) is 23.3 Å². The summed E-state index contributed by atoms with van der Waals surface area (Å²) in [4.78, 5) is 39.3. The van der Waals surface area contributed by atoms with Gasteiger partial charge in [0.2, 0.25) is 5.91 Å². The molecule has 0 saturated heterocycles. The zero-order valence-corrected chi connectivity index (χ0v) is 23.7. The highest BCUT2D eigenvalue weighted by atomic mass is 35.5. The van der Waals surface area contributed by atoms with Gasteiger partial charge in [0.1, 0.15) is 5.70 Å². The number of nitrogens with one attached hydrogen (secondary N) is 3. The molecule has 40 heavy (non-hydrogen) atoms. The van der Waals surface area contributed by atoms with Gasteiger partial charge in [-0.1, -0.05) is 65.7 Å². The molecule has 0 heterocycles. The predicted octanol–water partition coefficient (Wildman–Crippen LogP) is 7.44. The van der Waals surface area contributed by atoms with Gasteiger partial charge in [0.15, 0.2) is 0 Å². The predicted molar refractivity (Wildman–Crippen MR) is 164 cm³/mol. The molecule has 9 heteroatoms. The van der Waals surface area contributed by atoms with E-state index in [1.54, 1.807) is 72.8 Å². The van der Waals surface area contributed by atoms with Gasteiger partial charge in [-0.05, 0) is 78.7 Å². The summed E-state index contributed by atoms with van der Waals surface area (Å²) in [7, 11) is 0. The molecular weight excluding hydrogens is 565 g/mol. The lowest BCUT2D eigenvalue weighted by molar-refractivity contribution is -0.114. The highest BCUT2D eigenvalue weighted by Gasteiger charge is 2.16. The number of carbonyl (C=O) groups excluding carboxylic acids is 3. The lowest BCUT2D eigenvalue weighted by atomic mass is 10.1. The highest BCUT2D eigenvalue weighted by molar-refractivity contribution is 8.00. The fourth-order valence-corrected chi connectivity index (χ4v) is 4.76. The van der Waals surface area contributed by atoms with Gasteiger partial charge in [0.25, 0.3) is 11.8 Å². The molecule has 3 N–H and O–H groups in total. The number of amides is 3. The molecule has 0 saturated carbocycles. The largest absolute Gasteiger partial charge is 0.324 e. The van der Waals surface area contributed by atoms with Crippen molar-refractivity contribution in [3.8, 4) is 0 Å². The molecule has 0 unspecified atom stereocenters. The van der Waals surface area contributed by atoms with Gasteiger partial charge in [-0.2, -0.15) is 0 Å². The van der Waals surface area contributed by atoms with Crippen molar-refractivity contribution in [2.75, 3.05) is 16.4 Å². The maximum atomic E-state index is 13.2. The SMILES string of the molecule is Cc1ccccc1/C=C(\NC(=O)c1ccccc1)C(=O)Nc1ccc(SCC(=O)Nc2ccc(Cl)cc2Cl)cc1. The zero-order valence-electron chi connectivity index (χ0n) is 21.4. The number of carbonyl (C=O) groups is 3. The Morgan fingerprint density at radius 2 is 1.52 bits per heavy atom. The third-order valence-electron chi connectivity index (χ3n) is 5.70. The smallest absolute Gasteiger partial charge is 0.272 e. The van der Waals surface area contributed by atoms with Crippen LogP contribution in [0, 0.1) is 6.92 Å². The van der Waals surface area contributed by atoms with E-state index < -0.39 is 5.91 Å². The first-order valence-electron chi connectivity index (χ1n) is 12.2. The molecule has 0 atom stereocenters. The van der Waals surface area contributed by atoms with Crippen LogP contribution in [0.1, 0.15) is 21.5 Å². The third-order valence-corrected chi connectivity index (χ3v) is 7.26. The standard InChI is InChI=1S/C31H25Cl2N3O3S/c1-20-7-5-6-10-22(20)17-28(36-30(38)21-8-3-2-4-9-21)31(39)34-24-12-14-25(15-13-24)40-19-29(37)35-27-16-11-23(32)18-26(27)33/h2-18H,19H2,1H3,(H,34,39)(H,35,37)(H,36,38)/b28-17-. The van der Waals surface area contributed by atoms with E-state index in [1.807, 2.05) is 37.3 Å². The van der Waals surface area contributed by atoms with Crippen LogP contribution in [-0.2, 0) is 9.59 Å². The van der Waals surface area contributed by atoms with Crippen molar-refractivity contribution in [3.05, 3.63) is 129 Å². The minimum atomic E-state index is -0.466. The number of aryl methyl sites for hydroxylation is 1. The monoisotopic (exact) mass is 589 g/mol. The second-order valence-electron chi connectivity index (χ2n) is 8.67. The molecule has 4 aromatic rings. The van der Waals surface area contributed by atoms with Gasteiger partial charge < -0.3 is 16.0 Å². The average Bonchev–Trinajstić information content (AvgIpc) is 2.95. The number of anilines is 2. The van der Waals surface area contributed by atoms with Gasteiger partial charge in [0.05, 0.1) is 16.5 Å². The fourth-order valence-electron chi connectivity index (χ4n) is 3.61. The first kappa shape index (κ1) is 29.0. The molecule has 3 amide bonds. The number of halogens is 2. The van der Waals surface area contributed by atoms with Gasteiger partial charge in [-0.25, -0.2) is 0 Å². The molecule has 0 aliphatic heterocycles. The Bertz CT molecular complexity index is 1560. The summed E-state index contributed by atoms with van der Waals surface area (Å²) in [6, 6.07) is 28.2. The van der Waals surface area contributed by atoms with Crippen LogP contribution in [-0.4, -0.2) is 23.5 Å². The van der Waals surface area contributed by atoms with Crippen molar-refractivity contribution >= 4 is 70.1 Å². The second-order valence-corrected chi connectivity index (χ2v) is 10.6. The van der Waals surface area contributed by atoms with E-state index in [1.165, 1.54) is 11.8 Å². The molecule has 4 rings (SSSR count). The Balaban J connectivity index is 1.41.